The molecule has 0 amide bonds. The molecule has 0 radical (unpaired) electrons. The van der Waals surface area contributed by atoms with E-state index in [1.165, 1.54) is 23.6 Å². The smallest absolute Gasteiger partial charge is 0.337 e. The van der Waals surface area contributed by atoms with Gasteiger partial charge in [-0.15, -0.1) is 11.3 Å². The molecule has 0 aliphatic heterocycles. The first-order valence-electron chi connectivity index (χ1n) is 5.47. The van der Waals surface area contributed by atoms with Gasteiger partial charge in [0.2, 0.25) is 0 Å². The number of pyridine rings is 1. The van der Waals surface area contributed by atoms with E-state index < -0.39 is 11.5 Å². The minimum absolute atomic E-state index is 0.0223. The molecule has 2 N–H and O–H groups in total. The highest BCUT2D eigenvalue weighted by molar-refractivity contribution is 7.09. The Kier molecular flexibility index (Phi) is 3.73. The van der Waals surface area contributed by atoms with Gasteiger partial charge in [0.05, 0.1) is 16.1 Å². The van der Waals surface area contributed by atoms with E-state index in [1.54, 1.807) is 6.20 Å². The summed E-state index contributed by atoms with van der Waals surface area (Å²) in [7, 11) is 0. The lowest BCUT2D eigenvalue weighted by Gasteiger charge is -2.24. The van der Waals surface area contributed by atoms with Crippen LogP contribution in [0.5, 0.6) is 0 Å². The van der Waals surface area contributed by atoms with Crippen LogP contribution in [-0.4, -0.2) is 21.0 Å². The Balaban J connectivity index is 2.29. The fourth-order valence-corrected chi connectivity index (χ4v) is 2.48. The zero-order chi connectivity index (χ0) is 14.0. The molecule has 2 aromatic rings. The highest BCUT2D eigenvalue weighted by atomic mass is 35.5. The van der Waals surface area contributed by atoms with E-state index in [0.717, 1.165) is 5.01 Å². The van der Waals surface area contributed by atoms with Gasteiger partial charge >= 0.3 is 5.97 Å². The topological polar surface area (TPSA) is 75.1 Å². The van der Waals surface area contributed by atoms with Crippen molar-refractivity contribution < 1.29 is 9.90 Å². The molecule has 0 fully saturated rings. The number of nitrogens with zero attached hydrogens (tertiary/aromatic N) is 2. The number of rotatable bonds is 4. The molecule has 19 heavy (non-hydrogen) atoms. The molecule has 0 aliphatic carbocycles. The lowest BCUT2D eigenvalue weighted by molar-refractivity contribution is 0.0697. The van der Waals surface area contributed by atoms with Gasteiger partial charge in [0, 0.05) is 17.8 Å². The van der Waals surface area contributed by atoms with Crippen LogP contribution in [0.15, 0.2) is 23.8 Å². The summed E-state index contributed by atoms with van der Waals surface area (Å²) in [6.07, 6.45) is 3.05. The number of hydrogen-bond acceptors (Lipinski definition) is 5. The summed E-state index contributed by atoms with van der Waals surface area (Å²) in [4.78, 5) is 19.3. The van der Waals surface area contributed by atoms with Crippen LogP contribution in [-0.2, 0) is 5.54 Å². The van der Waals surface area contributed by atoms with Crippen molar-refractivity contribution in [2.24, 2.45) is 0 Å². The molecule has 2 heterocycles. The summed E-state index contributed by atoms with van der Waals surface area (Å²) in [5, 5.41) is 15.1. The van der Waals surface area contributed by atoms with Gasteiger partial charge in [-0.2, -0.15) is 0 Å². The number of thiazole rings is 1. The summed E-state index contributed by atoms with van der Waals surface area (Å²) < 4.78 is 0. The Morgan fingerprint density at radius 3 is 2.79 bits per heavy atom. The van der Waals surface area contributed by atoms with E-state index in [2.05, 4.69) is 15.3 Å². The van der Waals surface area contributed by atoms with Crippen molar-refractivity contribution in [3.05, 3.63) is 39.4 Å². The van der Waals surface area contributed by atoms with Crippen LogP contribution >= 0.6 is 22.9 Å². The summed E-state index contributed by atoms with van der Waals surface area (Å²) >= 11 is 7.30. The Morgan fingerprint density at radius 2 is 2.21 bits per heavy atom. The maximum Gasteiger partial charge on any atom is 0.337 e. The monoisotopic (exact) mass is 297 g/mol. The SMILES string of the molecule is CC(C)(Nc1cc(C(=O)O)c(Cl)cn1)c1nccs1. The second-order valence-corrected chi connectivity index (χ2v) is 5.74. The van der Waals surface area contributed by atoms with Crippen LogP contribution in [0.2, 0.25) is 5.02 Å². The van der Waals surface area contributed by atoms with Crippen molar-refractivity contribution >= 4 is 34.7 Å². The Morgan fingerprint density at radius 1 is 1.47 bits per heavy atom. The number of aromatic carboxylic acids is 1. The van der Waals surface area contributed by atoms with E-state index in [4.69, 9.17) is 16.7 Å². The number of halogens is 1. The highest BCUT2D eigenvalue weighted by Crippen LogP contribution is 2.27. The van der Waals surface area contributed by atoms with Gasteiger partial charge in [0.25, 0.3) is 0 Å². The van der Waals surface area contributed by atoms with Crippen LogP contribution < -0.4 is 5.32 Å². The second kappa shape index (κ2) is 5.14. The summed E-state index contributed by atoms with van der Waals surface area (Å²) in [5.74, 6) is -0.635. The molecule has 7 heteroatoms. The number of carboxylic acids is 1. The number of nitrogens with one attached hydrogen (secondary N) is 1. The molecule has 100 valence electrons. The minimum atomic E-state index is -1.08. The highest BCUT2D eigenvalue weighted by Gasteiger charge is 2.24. The third-order valence-electron chi connectivity index (χ3n) is 2.49. The number of anilines is 1. The van der Waals surface area contributed by atoms with Gasteiger partial charge in [0.15, 0.2) is 0 Å². The minimum Gasteiger partial charge on any atom is -0.478 e. The van der Waals surface area contributed by atoms with Crippen molar-refractivity contribution in [2.45, 2.75) is 19.4 Å². The normalized spacial score (nSPS) is 11.3. The fraction of sp³-hybridized carbons (Fsp3) is 0.250. The predicted molar refractivity (Wildman–Crippen MR) is 75.0 cm³/mol. The van der Waals surface area contributed by atoms with Crippen molar-refractivity contribution in [2.75, 3.05) is 5.32 Å². The zero-order valence-corrected chi connectivity index (χ0v) is 11.9. The average molecular weight is 298 g/mol. The number of carbonyl (C=O) groups is 1. The number of hydrogen-bond donors (Lipinski definition) is 2. The molecule has 2 aromatic heterocycles. The molecule has 0 aromatic carbocycles. The van der Waals surface area contributed by atoms with Gasteiger partial charge in [-0.25, -0.2) is 14.8 Å². The van der Waals surface area contributed by atoms with E-state index in [-0.39, 0.29) is 10.6 Å². The molecule has 0 saturated heterocycles. The van der Waals surface area contributed by atoms with E-state index in [9.17, 15) is 4.79 Å². The molecule has 0 aliphatic rings. The molecule has 2 rings (SSSR count). The van der Waals surface area contributed by atoms with Crippen LogP contribution in [0.1, 0.15) is 29.2 Å². The van der Waals surface area contributed by atoms with Crippen molar-refractivity contribution in [1.82, 2.24) is 9.97 Å². The molecule has 0 unspecified atom stereocenters. The number of carboxylic acid groups (broad SMARTS) is 1. The third-order valence-corrected chi connectivity index (χ3v) is 3.89. The Labute approximate surface area is 119 Å². The van der Waals surface area contributed by atoms with E-state index in [0.29, 0.717) is 5.82 Å². The zero-order valence-electron chi connectivity index (χ0n) is 10.3. The average Bonchev–Trinajstić information content (AvgIpc) is 2.85. The van der Waals surface area contributed by atoms with Crippen LogP contribution in [0.3, 0.4) is 0 Å². The van der Waals surface area contributed by atoms with E-state index >= 15 is 0 Å². The van der Waals surface area contributed by atoms with E-state index in [1.807, 2.05) is 19.2 Å². The summed E-state index contributed by atoms with van der Waals surface area (Å²) in [5.41, 5.74) is -0.417. The van der Waals surface area contributed by atoms with Gasteiger partial charge in [-0.05, 0) is 19.9 Å². The molecule has 0 spiro atoms. The molecule has 0 saturated carbocycles. The summed E-state index contributed by atoms with van der Waals surface area (Å²) in [6.45, 7) is 3.89. The largest absolute Gasteiger partial charge is 0.478 e. The lowest BCUT2D eigenvalue weighted by atomic mass is 10.1. The molecular formula is C12H12ClN3O2S. The van der Waals surface area contributed by atoms with Crippen LogP contribution in [0.25, 0.3) is 0 Å². The lowest BCUT2D eigenvalue weighted by Crippen LogP contribution is -2.28. The molecular weight excluding hydrogens is 286 g/mol. The van der Waals surface area contributed by atoms with Gasteiger partial charge < -0.3 is 10.4 Å². The summed E-state index contributed by atoms with van der Waals surface area (Å²) in [6, 6.07) is 1.42. The van der Waals surface area contributed by atoms with Gasteiger partial charge in [0.1, 0.15) is 10.8 Å². The Bertz CT molecular complexity index is 599. The first-order valence-corrected chi connectivity index (χ1v) is 6.73. The van der Waals surface area contributed by atoms with Crippen LogP contribution in [0, 0.1) is 0 Å². The predicted octanol–water partition coefficient (Wildman–Crippen LogP) is 3.24. The molecule has 5 nitrogen and oxygen atoms in total. The molecule has 0 atom stereocenters. The Hall–Kier alpha value is -1.66. The maximum absolute atomic E-state index is 11.0. The van der Waals surface area contributed by atoms with Gasteiger partial charge in [-0.3, -0.25) is 0 Å². The van der Waals surface area contributed by atoms with Crippen molar-refractivity contribution in [3.63, 3.8) is 0 Å². The standard InChI is InChI=1S/C12H12ClN3O2S/c1-12(2,11-14-3-4-19-11)16-9-5-7(10(17)18)8(13)6-15-9/h3-6H,1-2H3,(H,15,16)(H,17,18). The maximum atomic E-state index is 11.0. The van der Waals surface area contributed by atoms with Crippen LogP contribution in [0.4, 0.5) is 5.82 Å². The second-order valence-electron chi connectivity index (χ2n) is 4.44. The molecule has 0 bridgehead atoms. The number of aromatic nitrogens is 2. The van der Waals surface area contributed by atoms with Crippen molar-refractivity contribution in [3.8, 4) is 0 Å². The quantitative estimate of drug-likeness (QED) is 0.906. The fourth-order valence-electron chi connectivity index (χ4n) is 1.58. The first kappa shape index (κ1) is 13.8. The van der Waals surface area contributed by atoms with Gasteiger partial charge in [-0.1, -0.05) is 11.6 Å². The third kappa shape index (κ3) is 3.02. The first-order chi connectivity index (χ1) is 8.90. The van der Waals surface area contributed by atoms with Crippen molar-refractivity contribution in [1.29, 1.82) is 0 Å².